The monoisotopic (exact) mass is 232 g/mol. The maximum absolute atomic E-state index is 11.7. The average molecular weight is 232 g/mol. The van der Waals surface area contributed by atoms with Crippen molar-refractivity contribution in [3.8, 4) is 5.75 Å². The minimum atomic E-state index is -0.341. The Labute approximate surface area is 98.2 Å². The number of rotatable bonds is 3. The highest BCUT2D eigenvalue weighted by molar-refractivity contribution is 6.02. The number of nitrogens with one attached hydrogen (secondary N) is 1. The van der Waals surface area contributed by atoms with E-state index < -0.39 is 0 Å². The molecule has 2 aromatic rings. The molecule has 0 saturated carbocycles. The summed E-state index contributed by atoms with van der Waals surface area (Å²) in [6, 6.07) is 10.0. The highest BCUT2D eigenvalue weighted by Crippen LogP contribution is 2.16. The van der Waals surface area contributed by atoms with Crippen molar-refractivity contribution in [2.75, 3.05) is 18.2 Å². The molecule has 0 saturated heterocycles. The van der Waals surface area contributed by atoms with E-state index in [4.69, 9.17) is 14.9 Å². The summed E-state index contributed by atoms with van der Waals surface area (Å²) >= 11 is 0. The maximum atomic E-state index is 11.7. The smallest absolute Gasteiger partial charge is 0.291 e. The molecule has 0 aliphatic rings. The first kappa shape index (κ1) is 11.1. The summed E-state index contributed by atoms with van der Waals surface area (Å²) in [5.74, 6) is 0.778. The number of ether oxygens (including phenoxy) is 1. The number of benzene rings is 1. The first-order chi connectivity index (χ1) is 8.19. The predicted molar refractivity (Wildman–Crippen MR) is 64.1 cm³/mol. The molecule has 3 N–H and O–H groups in total. The third kappa shape index (κ3) is 2.57. The van der Waals surface area contributed by atoms with Crippen LogP contribution in [0, 0.1) is 0 Å². The number of carbonyl (C=O) groups excluding carboxylic acids is 1. The molecule has 0 unspecified atom stereocenters. The number of furan rings is 1. The van der Waals surface area contributed by atoms with Gasteiger partial charge in [-0.3, -0.25) is 4.79 Å². The van der Waals surface area contributed by atoms with Crippen LogP contribution in [0.3, 0.4) is 0 Å². The Morgan fingerprint density at radius 3 is 2.47 bits per heavy atom. The normalized spacial score (nSPS) is 9.94. The van der Waals surface area contributed by atoms with Crippen LogP contribution in [0.5, 0.6) is 5.75 Å². The Bertz CT molecular complexity index is 517. The van der Waals surface area contributed by atoms with Gasteiger partial charge in [-0.15, -0.1) is 0 Å². The second-order valence-electron chi connectivity index (χ2n) is 3.38. The Morgan fingerprint density at radius 2 is 1.94 bits per heavy atom. The Balaban J connectivity index is 2.07. The molecule has 5 heteroatoms. The molecule has 0 fully saturated rings. The fourth-order valence-electron chi connectivity index (χ4n) is 1.34. The van der Waals surface area contributed by atoms with Crippen LogP contribution in [0.15, 0.2) is 40.8 Å². The molecule has 0 bridgehead atoms. The number of anilines is 2. The minimum Gasteiger partial charge on any atom is -0.497 e. The van der Waals surface area contributed by atoms with Crippen molar-refractivity contribution in [1.29, 1.82) is 0 Å². The van der Waals surface area contributed by atoms with E-state index in [1.54, 1.807) is 31.4 Å². The first-order valence-electron chi connectivity index (χ1n) is 5.00. The van der Waals surface area contributed by atoms with Crippen molar-refractivity contribution >= 4 is 17.5 Å². The lowest BCUT2D eigenvalue weighted by molar-refractivity contribution is 0.0997. The topological polar surface area (TPSA) is 77.5 Å². The van der Waals surface area contributed by atoms with Crippen LogP contribution in [0.25, 0.3) is 0 Å². The van der Waals surface area contributed by atoms with Crippen molar-refractivity contribution in [1.82, 2.24) is 0 Å². The average Bonchev–Trinajstić information content (AvgIpc) is 2.77. The molecule has 0 aliphatic heterocycles. The molecule has 2 rings (SSSR count). The summed E-state index contributed by atoms with van der Waals surface area (Å²) < 4.78 is 10.0. The molecule has 0 aliphatic carbocycles. The number of nitrogen functional groups attached to an aromatic ring is 1. The predicted octanol–water partition coefficient (Wildman–Crippen LogP) is 2.12. The number of amides is 1. The molecule has 1 aromatic heterocycles. The lowest BCUT2D eigenvalue weighted by atomic mass is 10.3. The van der Waals surface area contributed by atoms with Crippen LogP contribution in [0.4, 0.5) is 11.6 Å². The second-order valence-corrected chi connectivity index (χ2v) is 3.38. The summed E-state index contributed by atoms with van der Waals surface area (Å²) in [4.78, 5) is 11.7. The van der Waals surface area contributed by atoms with E-state index in [1.807, 2.05) is 0 Å². The standard InChI is InChI=1S/C12H12N2O3/c1-16-9-4-2-8(3-5-9)14-12(15)10-6-7-11(13)17-10/h2-7H,13H2,1H3,(H,14,15). The van der Waals surface area contributed by atoms with Crippen molar-refractivity contribution in [2.24, 2.45) is 0 Å². The van der Waals surface area contributed by atoms with Crippen LogP contribution >= 0.6 is 0 Å². The van der Waals surface area contributed by atoms with Gasteiger partial charge >= 0.3 is 0 Å². The van der Waals surface area contributed by atoms with Crippen molar-refractivity contribution < 1.29 is 13.9 Å². The third-order valence-electron chi connectivity index (χ3n) is 2.20. The summed E-state index contributed by atoms with van der Waals surface area (Å²) in [5, 5.41) is 2.68. The largest absolute Gasteiger partial charge is 0.497 e. The molecule has 17 heavy (non-hydrogen) atoms. The third-order valence-corrected chi connectivity index (χ3v) is 2.20. The van der Waals surface area contributed by atoms with E-state index >= 15 is 0 Å². The molecule has 1 amide bonds. The van der Waals surface area contributed by atoms with Gasteiger partial charge in [0, 0.05) is 11.8 Å². The maximum Gasteiger partial charge on any atom is 0.291 e. The zero-order chi connectivity index (χ0) is 12.3. The van der Waals surface area contributed by atoms with E-state index in [2.05, 4.69) is 5.32 Å². The molecular formula is C12H12N2O3. The summed E-state index contributed by atoms with van der Waals surface area (Å²) in [6.45, 7) is 0. The SMILES string of the molecule is COc1ccc(NC(=O)c2ccc(N)o2)cc1. The molecule has 0 atom stereocenters. The first-order valence-corrected chi connectivity index (χ1v) is 5.00. The molecule has 0 spiro atoms. The van der Waals surface area contributed by atoms with Gasteiger partial charge in [0.1, 0.15) is 5.75 Å². The highest BCUT2D eigenvalue weighted by atomic mass is 16.5. The zero-order valence-electron chi connectivity index (χ0n) is 9.27. The summed E-state index contributed by atoms with van der Waals surface area (Å²) in [7, 11) is 1.58. The second kappa shape index (κ2) is 4.61. The molecule has 88 valence electrons. The zero-order valence-corrected chi connectivity index (χ0v) is 9.27. The minimum absolute atomic E-state index is 0.179. The van der Waals surface area contributed by atoms with Crippen molar-refractivity contribution in [2.45, 2.75) is 0 Å². The molecule has 1 aromatic carbocycles. The summed E-state index contributed by atoms with van der Waals surface area (Å²) in [5.41, 5.74) is 6.04. The van der Waals surface area contributed by atoms with Gasteiger partial charge in [-0.05, 0) is 30.3 Å². The van der Waals surface area contributed by atoms with Crippen LogP contribution in [-0.2, 0) is 0 Å². The number of methoxy groups -OCH3 is 1. The van der Waals surface area contributed by atoms with Crippen molar-refractivity contribution in [3.63, 3.8) is 0 Å². The van der Waals surface area contributed by atoms with Crippen LogP contribution in [-0.4, -0.2) is 13.0 Å². The lowest BCUT2D eigenvalue weighted by Gasteiger charge is -2.04. The van der Waals surface area contributed by atoms with E-state index in [0.29, 0.717) is 5.69 Å². The van der Waals surface area contributed by atoms with Gasteiger partial charge in [0.15, 0.2) is 11.6 Å². The van der Waals surface area contributed by atoms with Gasteiger partial charge in [0.05, 0.1) is 7.11 Å². The Morgan fingerprint density at radius 1 is 1.24 bits per heavy atom. The van der Waals surface area contributed by atoms with Gasteiger partial charge < -0.3 is 20.2 Å². The van der Waals surface area contributed by atoms with Crippen LogP contribution in [0.1, 0.15) is 10.6 Å². The van der Waals surface area contributed by atoms with Gasteiger partial charge in [0.2, 0.25) is 0 Å². The fourth-order valence-corrected chi connectivity index (χ4v) is 1.34. The van der Waals surface area contributed by atoms with E-state index in [0.717, 1.165) is 5.75 Å². The Hall–Kier alpha value is -2.43. The van der Waals surface area contributed by atoms with Crippen LogP contribution < -0.4 is 15.8 Å². The van der Waals surface area contributed by atoms with Gasteiger partial charge in [0.25, 0.3) is 5.91 Å². The van der Waals surface area contributed by atoms with Gasteiger partial charge in [-0.1, -0.05) is 0 Å². The van der Waals surface area contributed by atoms with E-state index in [-0.39, 0.29) is 17.6 Å². The van der Waals surface area contributed by atoms with Crippen molar-refractivity contribution in [3.05, 3.63) is 42.2 Å². The van der Waals surface area contributed by atoms with E-state index in [1.165, 1.54) is 12.1 Å². The van der Waals surface area contributed by atoms with E-state index in [9.17, 15) is 4.79 Å². The molecule has 5 nitrogen and oxygen atoms in total. The number of hydrogen-bond acceptors (Lipinski definition) is 4. The quantitative estimate of drug-likeness (QED) is 0.849. The lowest BCUT2D eigenvalue weighted by Crippen LogP contribution is -2.10. The number of nitrogens with two attached hydrogens (primary N) is 1. The Kier molecular flexibility index (Phi) is 3.00. The van der Waals surface area contributed by atoms with Gasteiger partial charge in [-0.25, -0.2) is 0 Å². The molecule has 1 heterocycles. The molecule has 0 radical (unpaired) electrons. The number of carbonyl (C=O) groups is 1. The number of hydrogen-bond donors (Lipinski definition) is 2. The highest BCUT2D eigenvalue weighted by Gasteiger charge is 2.10. The van der Waals surface area contributed by atoms with Crippen LogP contribution in [0.2, 0.25) is 0 Å². The van der Waals surface area contributed by atoms with Gasteiger partial charge in [-0.2, -0.15) is 0 Å². The summed E-state index contributed by atoms with van der Waals surface area (Å²) in [6.07, 6.45) is 0. The molecular weight excluding hydrogens is 220 g/mol. The fraction of sp³-hybridized carbons (Fsp3) is 0.0833.